The first kappa shape index (κ1) is 18.6. The zero-order valence-electron chi connectivity index (χ0n) is 15.5. The second-order valence-electron chi connectivity index (χ2n) is 7.36. The molecule has 144 valence electrons. The molecule has 0 unspecified atom stereocenters. The van der Waals surface area contributed by atoms with Gasteiger partial charge in [0.1, 0.15) is 5.82 Å². The summed E-state index contributed by atoms with van der Waals surface area (Å²) in [5.74, 6) is -0.0523. The van der Waals surface area contributed by atoms with Gasteiger partial charge in [-0.2, -0.15) is 0 Å². The average Bonchev–Trinajstić information content (AvgIpc) is 3.38. The van der Waals surface area contributed by atoms with E-state index in [2.05, 4.69) is 29.3 Å². The number of amides is 1. The summed E-state index contributed by atoms with van der Waals surface area (Å²) >= 11 is 1.79. The highest BCUT2D eigenvalue weighted by atomic mass is 32.1. The summed E-state index contributed by atoms with van der Waals surface area (Å²) in [6.07, 6.45) is 0.801. The van der Waals surface area contributed by atoms with Crippen molar-refractivity contribution in [3.8, 4) is 0 Å². The van der Waals surface area contributed by atoms with Gasteiger partial charge < -0.3 is 10.1 Å². The minimum atomic E-state index is -0.237. The van der Waals surface area contributed by atoms with Gasteiger partial charge in [-0.1, -0.05) is 12.1 Å². The van der Waals surface area contributed by atoms with Crippen LogP contribution < -0.4 is 5.32 Å². The van der Waals surface area contributed by atoms with E-state index in [4.69, 9.17) is 4.74 Å². The quantitative estimate of drug-likeness (QED) is 0.824. The van der Waals surface area contributed by atoms with E-state index in [1.165, 1.54) is 15.8 Å². The van der Waals surface area contributed by atoms with Gasteiger partial charge in [0.15, 0.2) is 0 Å². The molecule has 0 radical (unpaired) electrons. The molecule has 1 amide bonds. The van der Waals surface area contributed by atoms with Crippen molar-refractivity contribution >= 4 is 17.2 Å². The lowest BCUT2D eigenvalue weighted by molar-refractivity contribution is -0.122. The van der Waals surface area contributed by atoms with Gasteiger partial charge in [0.25, 0.3) is 0 Å². The maximum atomic E-state index is 13.4. The Morgan fingerprint density at radius 2 is 2.15 bits per heavy atom. The third-order valence-corrected chi connectivity index (χ3v) is 6.55. The van der Waals surface area contributed by atoms with Crippen molar-refractivity contribution in [2.45, 2.75) is 25.3 Å². The Hall–Kier alpha value is -1.76. The van der Waals surface area contributed by atoms with Crippen LogP contribution in [0.4, 0.5) is 4.39 Å². The molecule has 0 bridgehead atoms. The number of benzene rings is 1. The smallest absolute Gasteiger partial charge is 0.223 e. The highest BCUT2D eigenvalue weighted by Crippen LogP contribution is 2.47. The molecule has 1 aromatic carbocycles. The van der Waals surface area contributed by atoms with Crippen molar-refractivity contribution in [1.29, 1.82) is 0 Å². The van der Waals surface area contributed by atoms with Gasteiger partial charge in [0.2, 0.25) is 5.91 Å². The topological polar surface area (TPSA) is 41.6 Å². The average molecular weight is 389 g/mol. The number of nitrogens with one attached hydrogen (secondary N) is 1. The molecule has 4 rings (SSSR count). The standard InChI is InChI=1S/C21H25FN2O2S/c1-14-5-6-20(27-14)19(24-7-9-26-10-8-24)13-23-21(25)18-12-17(18)15-3-2-4-16(22)11-15/h2-6,11,17-19H,7-10,12-13H2,1H3,(H,23,25)/t17-,18+,19-/m0/s1. The molecular formula is C21H25FN2O2S. The van der Waals surface area contributed by atoms with E-state index in [1.54, 1.807) is 23.5 Å². The maximum Gasteiger partial charge on any atom is 0.223 e. The summed E-state index contributed by atoms with van der Waals surface area (Å²) in [6, 6.07) is 11.1. The van der Waals surface area contributed by atoms with Gasteiger partial charge in [-0.3, -0.25) is 9.69 Å². The Morgan fingerprint density at radius 1 is 1.33 bits per heavy atom. The summed E-state index contributed by atoms with van der Waals surface area (Å²) in [4.78, 5) is 17.6. The number of aryl methyl sites for hydroxylation is 1. The SMILES string of the molecule is Cc1ccc([C@H](CNC(=O)[C@@H]2C[C@H]2c2cccc(F)c2)N2CCOCC2)s1. The number of nitrogens with zero attached hydrogens (tertiary/aromatic N) is 1. The third kappa shape index (κ3) is 4.39. The summed E-state index contributed by atoms with van der Waals surface area (Å²) in [5.41, 5.74) is 0.925. The van der Waals surface area contributed by atoms with E-state index < -0.39 is 0 Å². The number of hydrogen-bond acceptors (Lipinski definition) is 4. The predicted octanol–water partition coefficient (Wildman–Crippen LogP) is 3.49. The summed E-state index contributed by atoms with van der Waals surface area (Å²) < 4.78 is 18.9. The number of morpholine rings is 1. The first-order valence-electron chi connectivity index (χ1n) is 9.53. The molecule has 1 N–H and O–H groups in total. The molecule has 3 atom stereocenters. The van der Waals surface area contributed by atoms with E-state index in [9.17, 15) is 9.18 Å². The summed E-state index contributed by atoms with van der Waals surface area (Å²) in [5, 5.41) is 3.16. The van der Waals surface area contributed by atoms with Crippen LogP contribution in [0.5, 0.6) is 0 Å². The number of carbonyl (C=O) groups excluding carboxylic acids is 1. The fourth-order valence-corrected chi connectivity index (χ4v) is 4.86. The molecule has 4 nitrogen and oxygen atoms in total. The number of rotatable bonds is 6. The second kappa shape index (κ2) is 8.09. The third-order valence-electron chi connectivity index (χ3n) is 5.45. The molecule has 0 spiro atoms. The van der Waals surface area contributed by atoms with Crippen LogP contribution in [0.25, 0.3) is 0 Å². The molecule has 2 heterocycles. The molecule has 6 heteroatoms. The van der Waals surface area contributed by atoms with Crippen LogP contribution in [0.2, 0.25) is 0 Å². The van der Waals surface area contributed by atoms with Gasteiger partial charge in [0.05, 0.1) is 19.3 Å². The van der Waals surface area contributed by atoms with Gasteiger partial charge in [-0.25, -0.2) is 4.39 Å². The minimum Gasteiger partial charge on any atom is -0.379 e. The van der Waals surface area contributed by atoms with Crippen molar-refractivity contribution in [2.24, 2.45) is 5.92 Å². The normalized spacial score (nSPS) is 23.8. The number of halogens is 1. The fourth-order valence-electron chi connectivity index (χ4n) is 3.85. The van der Waals surface area contributed by atoms with Crippen LogP contribution >= 0.6 is 11.3 Å². The highest BCUT2D eigenvalue weighted by molar-refractivity contribution is 7.12. The maximum absolute atomic E-state index is 13.4. The van der Waals surface area contributed by atoms with Gasteiger partial charge >= 0.3 is 0 Å². The van der Waals surface area contributed by atoms with E-state index in [1.807, 2.05) is 6.07 Å². The lowest BCUT2D eigenvalue weighted by Gasteiger charge is -2.34. The Bertz CT molecular complexity index is 803. The molecule has 1 aromatic heterocycles. The van der Waals surface area contributed by atoms with Crippen LogP contribution in [0.3, 0.4) is 0 Å². The summed E-state index contributed by atoms with van der Waals surface area (Å²) in [7, 11) is 0. The second-order valence-corrected chi connectivity index (χ2v) is 8.68. The molecule has 2 aromatic rings. The zero-order valence-corrected chi connectivity index (χ0v) is 16.3. The van der Waals surface area contributed by atoms with Crippen molar-refractivity contribution in [1.82, 2.24) is 10.2 Å². The van der Waals surface area contributed by atoms with Gasteiger partial charge in [-0.05, 0) is 49.1 Å². The molecule has 1 saturated carbocycles. The van der Waals surface area contributed by atoms with Crippen molar-refractivity contribution in [3.05, 3.63) is 57.5 Å². The predicted molar refractivity (Wildman–Crippen MR) is 104 cm³/mol. The van der Waals surface area contributed by atoms with E-state index in [-0.39, 0.29) is 29.6 Å². The molecule has 1 aliphatic carbocycles. The monoisotopic (exact) mass is 388 g/mol. The lowest BCUT2D eigenvalue weighted by Crippen LogP contribution is -2.43. The van der Waals surface area contributed by atoms with Crippen molar-refractivity contribution < 1.29 is 13.9 Å². The number of thiophene rings is 1. The minimum absolute atomic E-state index is 0.0396. The first-order valence-corrected chi connectivity index (χ1v) is 10.3. The van der Waals surface area contributed by atoms with Crippen molar-refractivity contribution in [3.63, 3.8) is 0 Å². The largest absolute Gasteiger partial charge is 0.379 e. The summed E-state index contributed by atoms with van der Waals surface area (Å²) in [6.45, 7) is 5.94. The number of carbonyl (C=O) groups is 1. The molecule has 2 aliphatic rings. The van der Waals surface area contributed by atoms with Gasteiger partial charge in [0, 0.05) is 35.3 Å². The molecule has 2 fully saturated rings. The van der Waals surface area contributed by atoms with Crippen LogP contribution in [-0.2, 0) is 9.53 Å². The molecule has 27 heavy (non-hydrogen) atoms. The Labute approximate surface area is 163 Å². The number of hydrogen-bond donors (Lipinski definition) is 1. The first-order chi connectivity index (χ1) is 13.1. The Morgan fingerprint density at radius 3 is 2.85 bits per heavy atom. The lowest BCUT2D eigenvalue weighted by atomic mass is 10.1. The molecular weight excluding hydrogens is 363 g/mol. The molecule has 1 aliphatic heterocycles. The van der Waals surface area contributed by atoms with E-state index in [0.717, 1.165) is 38.3 Å². The fraction of sp³-hybridized carbons (Fsp3) is 0.476. The zero-order chi connectivity index (χ0) is 18.8. The van der Waals surface area contributed by atoms with E-state index >= 15 is 0 Å². The van der Waals surface area contributed by atoms with E-state index in [0.29, 0.717) is 6.54 Å². The van der Waals surface area contributed by atoms with Crippen LogP contribution in [0.15, 0.2) is 36.4 Å². The Kier molecular flexibility index (Phi) is 5.57. The molecule has 1 saturated heterocycles. The van der Waals surface area contributed by atoms with Gasteiger partial charge in [-0.15, -0.1) is 11.3 Å². The van der Waals surface area contributed by atoms with Crippen LogP contribution in [-0.4, -0.2) is 43.7 Å². The van der Waals surface area contributed by atoms with Crippen LogP contribution in [0, 0.1) is 18.7 Å². The number of ether oxygens (including phenoxy) is 1. The highest BCUT2D eigenvalue weighted by Gasteiger charge is 2.44. The van der Waals surface area contributed by atoms with Crippen molar-refractivity contribution in [2.75, 3.05) is 32.8 Å². The Balaban J connectivity index is 1.38. The van der Waals surface area contributed by atoms with Crippen LogP contribution in [0.1, 0.15) is 33.7 Å².